The van der Waals surface area contributed by atoms with Crippen LogP contribution < -0.4 is 0 Å². The molecule has 1 amide bonds. The minimum absolute atomic E-state index is 0.0922. The zero-order valence-corrected chi connectivity index (χ0v) is 12.9. The van der Waals surface area contributed by atoms with E-state index in [-0.39, 0.29) is 24.7 Å². The van der Waals surface area contributed by atoms with Crippen molar-refractivity contribution in [1.29, 1.82) is 0 Å². The lowest BCUT2D eigenvalue weighted by atomic mass is 9.78. The summed E-state index contributed by atoms with van der Waals surface area (Å²) in [5.74, 6) is 0.486. The summed E-state index contributed by atoms with van der Waals surface area (Å²) in [5, 5.41) is 0. The molecule has 2 aliphatic heterocycles. The summed E-state index contributed by atoms with van der Waals surface area (Å²) in [6.07, 6.45) is 1.57. The van der Waals surface area contributed by atoms with Crippen molar-refractivity contribution in [3.63, 3.8) is 0 Å². The van der Waals surface area contributed by atoms with Gasteiger partial charge in [-0.05, 0) is 12.3 Å². The fraction of sp³-hybridized carbons (Fsp3) is 0.867. The van der Waals surface area contributed by atoms with E-state index in [9.17, 15) is 9.59 Å². The summed E-state index contributed by atoms with van der Waals surface area (Å²) in [6, 6.07) is 0. The van der Waals surface area contributed by atoms with Gasteiger partial charge in [-0.1, -0.05) is 13.8 Å². The number of carbonyl (C=O) groups excluding carboxylic acids is 2. The van der Waals surface area contributed by atoms with Crippen molar-refractivity contribution < 1.29 is 14.3 Å². The van der Waals surface area contributed by atoms with Crippen LogP contribution in [0.25, 0.3) is 0 Å². The maximum Gasteiger partial charge on any atom is 0.306 e. The molecule has 0 aliphatic carbocycles. The Labute approximate surface area is 121 Å². The van der Waals surface area contributed by atoms with Crippen molar-refractivity contribution in [2.45, 2.75) is 33.1 Å². The predicted octanol–water partition coefficient (Wildman–Crippen LogP) is 1.13. The van der Waals surface area contributed by atoms with Crippen LogP contribution in [0.1, 0.15) is 33.1 Å². The molecular weight excluding hydrogens is 256 g/mol. The smallest absolute Gasteiger partial charge is 0.306 e. The maximum absolute atomic E-state index is 12.1. The van der Waals surface area contributed by atoms with Crippen molar-refractivity contribution in [1.82, 2.24) is 9.80 Å². The van der Waals surface area contributed by atoms with E-state index in [0.717, 1.165) is 39.1 Å². The van der Waals surface area contributed by atoms with Crippen molar-refractivity contribution in [2.75, 3.05) is 39.8 Å². The molecule has 0 radical (unpaired) electrons. The quantitative estimate of drug-likeness (QED) is 0.709. The van der Waals surface area contributed by atoms with Gasteiger partial charge < -0.3 is 14.5 Å². The van der Waals surface area contributed by atoms with Crippen molar-refractivity contribution in [3.05, 3.63) is 0 Å². The van der Waals surface area contributed by atoms with Crippen LogP contribution in [0.3, 0.4) is 0 Å². The second kappa shape index (κ2) is 6.12. The van der Waals surface area contributed by atoms with Gasteiger partial charge in [0, 0.05) is 44.6 Å². The van der Waals surface area contributed by atoms with Crippen LogP contribution in [-0.2, 0) is 14.3 Å². The fourth-order valence-corrected chi connectivity index (χ4v) is 3.42. The van der Waals surface area contributed by atoms with E-state index in [1.807, 2.05) is 4.90 Å². The third kappa shape index (κ3) is 3.51. The molecule has 2 rings (SSSR count). The topological polar surface area (TPSA) is 49.9 Å². The highest BCUT2D eigenvalue weighted by molar-refractivity contribution is 5.81. The first-order valence-electron chi connectivity index (χ1n) is 7.51. The molecule has 1 spiro atoms. The second-order valence-electron chi connectivity index (χ2n) is 6.70. The summed E-state index contributed by atoms with van der Waals surface area (Å²) in [6.45, 7) is 9.57. The van der Waals surface area contributed by atoms with Gasteiger partial charge in [0.25, 0.3) is 0 Å². The number of methoxy groups -OCH3 is 1. The van der Waals surface area contributed by atoms with Gasteiger partial charge >= 0.3 is 5.97 Å². The lowest BCUT2D eigenvalue weighted by Gasteiger charge is -2.48. The van der Waals surface area contributed by atoms with Crippen molar-refractivity contribution in [2.24, 2.45) is 11.3 Å². The SMILES string of the molecule is COC(=O)CCC(=O)N1CCC2(CN(CC(C)C)C2)C1. The Morgan fingerprint density at radius 2 is 1.90 bits per heavy atom. The van der Waals surface area contributed by atoms with Crippen LogP contribution in [0, 0.1) is 11.3 Å². The number of rotatable bonds is 5. The summed E-state index contributed by atoms with van der Waals surface area (Å²) < 4.78 is 4.57. The Kier molecular flexibility index (Phi) is 4.68. The Hall–Kier alpha value is -1.10. The third-order valence-electron chi connectivity index (χ3n) is 4.30. The van der Waals surface area contributed by atoms with Gasteiger partial charge in [-0.3, -0.25) is 9.59 Å². The molecular formula is C15H26N2O3. The van der Waals surface area contributed by atoms with E-state index in [0.29, 0.717) is 11.3 Å². The van der Waals surface area contributed by atoms with E-state index in [1.54, 1.807) is 0 Å². The minimum atomic E-state index is -0.306. The van der Waals surface area contributed by atoms with E-state index < -0.39 is 0 Å². The Morgan fingerprint density at radius 1 is 1.20 bits per heavy atom. The molecule has 0 unspecified atom stereocenters. The monoisotopic (exact) mass is 282 g/mol. The normalized spacial score (nSPS) is 21.3. The highest BCUT2D eigenvalue weighted by atomic mass is 16.5. The molecule has 20 heavy (non-hydrogen) atoms. The van der Waals surface area contributed by atoms with Gasteiger partial charge in [0.15, 0.2) is 0 Å². The van der Waals surface area contributed by atoms with Crippen molar-refractivity contribution >= 4 is 11.9 Å². The number of likely N-dealkylation sites (tertiary alicyclic amines) is 2. The fourth-order valence-electron chi connectivity index (χ4n) is 3.42. The number of ether oxygens (including phenoxy) is 1. The van der Waals surface area contributed by atoms with Gasteiger partial charge in [0.1, 0.15) is 0 Å². The third-order valence-corrected chi connectivity index (χ3v) is 4.30. The molecule has 2 fully saturated rings. The number of carbonyl (C=O) groups is 2. The largest absolute Gasteiger partial charge is 0.469 e. The molecule has 0 N–H and O–H groups in total. The summed E-state index contributed by atoms with van der Waals surface area (Å²) in [5.41, 5.74) is 0.329. The van der Waals surface area contributed by atoms with Crippen LogP contribution in [0.5, 0.6) is 0 Å². The number of esters is 1. The molecule has 5 nitrogen and oxygen atoms in total. The molecule has 0 aromatic carbocycles. The molecule has 0 bridgehead atoms. The first kappa shape index (κ1) is 15.3. The van der Waals surface area contributed by atoms with Gasteiger partial charge in [-0.15, -0.1) is 0 Å². The average Bonchev–Trinajstić information content (AvgIpc) is 2.79. The highest BCUT2D eigenvalue weighted by Crippen LogP contribution is 2.39. The molecule has 2 aliphatic rings. The molecule has 0 aromatic heterocycles. The number of amides is 1. The predicted molar refractivity (Wildman–Crippen MR) is 76.2 cm³/mol. The first-order chi connectivity index (χ1) is 9.44. The molecule has 5 heteroatoms. The summed E-state index contributed by atoms with van der Waals surface area (Å²) >= 11 is 0. The minimum Gasteiger partial charge on any atom is -0.469 e. The molecule has 2 saturated heterocycles. The van der Waals surface area contributed by atoms with E-state index in [1.165, 1.54) is 7.11 Å². The summed E-state index contributed by atoms with van der Waals surface area (Å²) in [7, 11) is 1.36. The van der Waals surface area contributed by atoms with Crippen molar-refractivity contribution in [3.8, 4) is 0 Å². The number of nitrogens with zero attached hydrogens (tertiary/aromatic N) is 2. The van der Waals surface area contributed by atoms with Crippen LogP contribution in [-0.4, -0.2) is 61.5 Å². The Balaban J connectivity index is 1.73. The maximum atomic E-state index is 12.1. The van der Waals surface area contributed by atoms with Crippen LogP contribution in [0.4, 0.5) is 0 Å². The van der Waals surface area contributed by atoms with Gasteiger partial charge in [-0.2, -0.15) is 0 Å². The second-order valence-corrected chi connectivity index (χ2v) is 6.70. The van der Waals surface area contributed by atoms with Gasteiger partial charge in [0.2, 0.25) is 5.91 Å². The zero-order valence-electron chi connectivity index (χ0n) is 12.9. The van der Waals surface area contributed by atoms with Gasteiger partial charge in [0.05, 0.1) is 13.5 Å². The lowest BCUT2D eigenvalue weighted by molar-refractivity contribution is -0.143. The Bertz CT molecular complexity index is 375. The highest BCUT2D eigenvalue weighted by Gasteiger charge is 2.48. The van der Waals surface area contributed by atoms with Gasteiger partial charge in [-0.25, -0.2) is 0 Å². The van der Waals surface area contributed by atoms with E-state index >= 15 is 0 Å². The lowest BCUT2D eigenvalue weighted by Crippen LogP contribution is -2.58. The summed E-state index contributed by atoms with van der Waals surface area (Å²) in [4.78, 5) is 27.5. The van der Waals surface area contributed by atoms with Crippen LogP contribution in [0.2, 0.25) is 0 Å². The number of hydrogen-bond donors (Lipinski definition) is 0. The van der Waals surface area contributed by atoms with E-state index in [4.69, 9.17) is 0 Å². The molecule has 0 saturated carbocycles. The average molecular weight is 282 g/mol. The molecule has 2 heterocycles. The Morgan fingerprint density at radius 3 is 2.50 bits per heavy atom. The standard InChI is InChI=1S/C15H26N2O3/c1-12(2)8-16-9-15(10-16)6-7-17(11-15)13(18)4-5-14(19)20-3/h12H,4-11H2,1-3H3. The van der Waals surface area contributed by atoms with Crippen LogP contribution >= 0.6 is 0 Å². The van der Waals surface area contributed by atoms with Crippen LogP contribution in [0.15, 0.2) is 0 Å². The van der Waals surface area contributed by atoms with E-state index in [2.05, 4.69) is 23.5 Å². The zero-order chi connectivity index (χ0) is 14.8. The molecule has 0 aromatic rings. The molecule has 0 atom stereocenters. The molecule has 114 valence electrons. The first-order valence-corrected chi connectivity index (χ1v) is 7.51. The number of hydrogen-bond acceptors (Lipinski definition) is 4.